The Hall–Kier alpha value is -3.67. The Kier molecular flexibility index (Phi) is 4.85. The van der Waals surface area contributed by atoms with Gasteiger partial charge in [0.05, 0.1) is 22.5 Å². The Morgan fingerprint density at radius 3 is 2.31 bits per heavy atom. The summed E-state index contributed by atoms with van der Waals surface area (Å²) in [6.45, 7) is 8.52. The third kappa shape index (κ3) is 2.87. The van der Waals surface area contributed by atoms with Crippen molar-refractivity contribution in [3.8, 4) is 22.4 Å². The average Bonchev–Trinajstić information content (AvgIpc) is 3.35. The van der Waals surface area contributed by atoms with Gasteiger partial charge in [-0.3, -0.25) is 9.78 Å². The van der Waals surface area contributed by atoms with Gasteiger partial charge in [0.15, 0.2) is 5.78 Å². The first-order chi connectivity index (χ1) is 17.2. The number of rotatable bonds is 4. The summed E-state index contributed by atoms with van der Waals surface area (Å²) < 4.78 is 6.26. The van der Waals surface area contributed by atoms with Gasteiger partial charge in [-0.05, 0) is 48.8 Å². The summed E-state index contributed by atoms with van der Waals surface area (Å²) in [5.74, 6) is -0.210. The van der Waals surface area contributed by atoms with Crippen LogP contribution in [0.15, 0.2) is 53.7 Å². The monoisotopic (exact) mass is 480 g/mol. The van der Waals surface area contributed by atoms with Gasteiger partial charge in [0, 0.05) is 27.7 Å². The van der Waals surface area contributed by atoms with Gasteiger partial charge in [-0.2, -0.15) is 0 Å². The molecule has 6 rings (SSSR count). The molecule has 3 atom stereocenters. The first-order valence-electron chi connectivity index (χ1n) is 12.5. The van der Waals surface area contributed by atoms with Gasteiger partial charge in [0.2, 0.25) is 0 Å². The number of nitroso groups, excluding NO2 is 1. The second-order valence-electron chi connectivity index (χ2n) is 11.2. The third-order valence-corrected chi connectivity index (χ3v) is 9.47. The van der Waals surface area contributed by atoms with Crippen molar-refractivity contribution in [1.82, 2.24) is 4.98 Å². The number of ether oxygens (including phenoxy) is 1. The highest BCUT2D eigenvalue weighted by Crippen LogP contribution is 2.66. The van der Waals surface area contributed by atoms with Crippen LogP contribution >= 0.6 is 0 Å². The molecule has 2 bridgehead atoms. The molecule has 36 heavy (non-hydrogen) atoms. The van der Waals surface area contributed by atoms with Crippen LogP contribution in [-0.2, 0) is 4.74 Å². The number of carbonyl (C=O) groups is 2. The van der Waals surface area contributed by atoms with Crippen molar-refractivity contribution in [2.75, 3.05) is 0 Å². The van der Waals surface area contributed by atoms with Crippen molar-refractivity contribution in [3.63, 3.8) is 0 Å². The zero-order chi connectivity index (χ0) is 25.4. The number of esters is 1. The van der Waals surface area contributed by atoms with E-state index >= 15 is 0 Å². The maximum atomic E-state index is 13.9. The van der Waals surface area contributed by atoms with Crippen LogP contribution in [0.4, 0.5) is 5.69 Å². The van der Waals surface area contributed by atoms with E-state index in [2.05, 4.69) is 25.9 Å². The van der Waals surface area contributed by atoms with Crippen molar-refractivity contribution < 1.29 is 14.3 Å². The van der Waals surface area contributed by atoms with Crippen LogP contribution in [0, 0.1) is 28.6 Å². The molecule has 0 radical (unpaired) electrons. The number of carbonyl (C=O) groups excluding carboxylic acids is 2. The summed E-state index contributed by atoms with van der Waals surface area (Å²) in [5.41, 5.74) is 3.74. The van der Waals surface area contributed by atoms with E-state index in [1.807, 2.05) is 18.2 Å². The minimum atomic E-state index is -0.503. The predicted molar refractivity (Wildman–Crippen MR) is 137 cm³/mol. The molecule has 3 aliphatic rings. The van der Waals surface area contributed by atoms with E-state index in [-0.39, 0.29) is 34.0 Å². The molecule has 3 aromatic rings. The number of ketones is 1. The van der Waals surface area contributed by atoms with Crippen LogP contribution in [0.3, 0.4) is 0 Å². The molecule has 0 spiro atoms. The van der Waals surface area contributed by atoms with Crippen molar-refractivity contribution in [2.45, 2.75) is 53.1 Å². The van der Waals surface area contributed by atoms with E-state index in [1.165, 1.54) is 0 Å². The number of pyridine rings is 1. The van der Waals surface area contributed by atoms with Crippen molar-refractivity contribution in [3.05, 3.63) is 75.8 Å². The lowest BCUT2D eigenvalue weighted by molar-refractivity contribution is -0.0242. The molecule has 6 heteroatoms. The fourth-order valence-corrected chi connectivity index (χ4v) is 6.92. The molecule has 0 saturated heterocycles. The first kappa shape index (κ1) is 22.8. The molecule has 2 aromatic carbocycles. The fourth-order valence-electron chi connectivity index (χ4n) is 6.92. The molecule has 0 unspecified atom stereocenters. The largest absolute Gasteiger partial charge is 0.458 e. The lowest BCUT2D eigenvalue weighted by Gasteiger charge is -2.38. The average molecular weight is 481 g/mol. The van der Waals surface area contributed by atoms with Crippen LogP contribution in [0.2, 0.25) is 0 Å². The molecule has 6 nitrogen and oxygen atoms in total. The smallest absolute Gasteiger partial charge is 0.340 e. The Labute approximate surface area is 210 Å². The number of fused-ring (bicyclic) bond motifs is 5. The van der Waals surface area contributed by atoms with Crippen LogP contribution in [0.1, 0.15) is 72.0 Å². The van der Waals surface area contributed by atoms with Gasteiger partial charge < -0.3 is 4.74 Å². The number of nitrogens with zero attached hydrogens (tertiary/aromatic N) is 2. The van der Waals surface area contributed by atoms with E-state index in [1.54, 1.807) is 37.3 Å². The van der Waals surface area contributed by atoms with Crippen LogP contribution in [0.5, 0.6) is 0 Å². The molecule has 1 heterocycles. The summed E-state index contributed by atoms with van der Waals surface area (Å²) >= 11 is 0. The second kappa shape index (κ2) is 7.66. The molecule has 2 fully saturated rings. The number of benzene rings is 2. The third-order valence-electron chi connectivity index (χ3n) is 9.47. The highest BCUT2D eigenvalue weighted by atomic mass is 16.5. The number of hydrogen-bond acceptors (Lipinski definition) is 6. The van der Waals surface area contributed by atoms with Crippen molar-refractivity contribution in [1.29, 1.82) is 0 Å². The number of aryl methyl sites for hydroxylation is 1. The van der Waals surface area contributed by atoms with E-state index in [9.17, 15) is 14.5 Å². The molecule has 182 valence electrons. The molecule has 3 aliphatic carbocycles. The summed E-state index contributed by atoms with van der Waals surface area (Å²) in [5, 5.41) is 3.21. The predicted octanol–water partition coefficient (Wildman–Crippen LogP) is 7.04. The highest BCUT2D eigenvalue weighted by molar-refractivity contribution is 6.26. The van der Waals surface area contributed by atoms with E-state index < -0.39 is 5.97 Å². The molecular weight excluding hydrogens is 452 g/mol. The summed E-state index contributed by atoms with van der Waals surface area (Å²) in [6.07, 6.45) is 2.78. The molecule has 0 aliphatic heterocycles. The lowest BCUT2D eigenvalue weighted by atomic mass is 9.70. The molecule has 0 amide bonds. The Balaban J connectivity index is 1.54. The Bertz CT molecular complexity index is 1470. The van der Waals surface area contributed by atoms with Gasteiger partial charge in [-0.15, -0.1) is 4.91 Å². The quantitative estimate of drug-likeness (QED) is 0.231. The van der Waals surface area contributed by atoms with Crippen molar-refractivity contribution >= 4 is 17.4 Å². The fraction of sp³-hybridized carbons (Fsp3) is 0.367. The Morgan fingerprint density at radius 1 is 1.00 bits per heavy atom. The molecule has 0 N–H and O–H groups in total. The standard InChI is InChI=1S/C30H28N2O4/c1-16-23(28(34)36-22-15-17-13-14-30(22,4)29(17,2)3)24(20-11-7-8-12-21(20)32-35)25-26(31-16)18-9-5-6-10-19(18)27(25)33/h5-12,17,22H,13-15H2,1-4H3/t17-,22+,30-/m1/s1. The van der Waals surface area contributed by atoms with E-state index in [0.717, 1.165) is 24.8 Å². The van der Waals surface area contributed by atoms with Gasteiger partial charge >= 0.3 is 5.97 Å². The molecule has 2 saturated carbocycles. The number of hydrogen-bond donors (Lipinski definition) is 0. The zero-order valence-electron chi connectivity index (χ0n) is 20.9. The maximum absolute atomic E-state index is 13.9. The normalized spacial score (nSPS) is 24.9. The van der Waals surface area contributed by atoms with Crippen LogP contribution in [-0.4, -0.2) is 22.8 Å². The van der Waals surface area contributed by atoms with Gasteiger partial charge in [0.25, 0.3) is 0 Å². The first-order valence-corrected chi connectivity index (χ1v) is 12.5. The Morgan fingerprint density at radius 2 is 1.67 bits per heavy atom. The summed E-state index contributed by atoms with van der Waals surface area (Å²) in [4.78, 5) is 44.1. The highest BCUT2D eigenvalue weighted by Gasteiger charge is 2.63. The van der Waals surface area contributed by atoms with Gasteiger partial charge in [0.1, 0.15) is 11.8 Å². The summed E-state index contributed by atoms with van der Waals surface area (Å²) in [6, 6.07) is 14.1. The number of aromatic nitrogens is 1. The minimum absolute atomic E-state index is 0.0810. The topological polar surface area (TPSA) is 85.7 Å². The SMILES string of the molecule is Cc1nc2c(c(-c3ccccc3N=O)c1C(=O)O[C@H]1C[C@H]3CC[C@@]1(C)C3(C)C)C(=O)c1ccccc1-2. The summed E-state index contributed by atoms with van der Waals surface area (Å²) in [7, 11) is 0. The minimum Gasteiger partial charge on any atom is -0.458 e. The van der Waals surface area contributed by atoms with E-state index in [4.69, 9.17) is 9.72 Å². The van der Waals surface area contributed by atoms with Crippen LogP contribution in [0.25, 0.3) is 22.4 Å². The maximum Gasteiger partial charge on any atom is 0.340 e. The second-order valence-corrected chi connectivity index (χ2v) is 11.2. The van der Waals surface area contributed by atoms with Crippen molar-refractivity contribution in [2.24, 2.45) is 21.9 Å². The van der Waals surface area contributed by atoms with Gasteiger partial charge in [-0.1, -0.05) is 63.2 Å². The lowest BCUT2D eigenvalue weighted by Crippen LogP contribution is -2.38. The molecule has 1 aromatic heterocycles. The van der Waals surface area contributed by atoms with Gasteiger partial charge in [-0.25, -0.2) is 4.79 Å². The molecular formula is C30H28N2O4. The van der Waals surface area contributed by atoms with Crippen LogP contribution < -0.4 is 0 Å². The zero-order valence-corrected chi connectivity index (χ0v) is 20.9. The van der Waals surface area contributed by atoms with E-state index in [0.29, 0.717) is 39.6 Å².